The van der Waals surface area contributed by atoms with Crippen LogP contribution in [0.4, 0.5) is 0 Å². The second-order valence-electron chi connectivity index (χ2n) is 7.44. The fraction of sp³-hybridized carbons (Fsp3) is 0.350. The minimum Gasteiger partial charge on any atom is -0.387 e. The summed E-state index contributed by atoms with van der Waals surface area (Å²) in [6.07, 6.45) is 4.41. The Bertz CT molecular complexity index is 1130. The highest BCUT2D eigenvalue weighted by atomic mass is 32.1. The maximum atomic E-state index is 10.8. The molecular weight excluding hydrogens is 358 g/mol. The summed E-state index contributed by atoms with van der Waals surface area (Å²) in [5, 5.41) is 17.2. The first kappa shape index (κ1) is 16.8. The van der Waals surface area contributed by atoms with Crippen LogP contribution in [-0.4, -0.2) is 49.9 Å². The van der Waals surface area contributed by atoms with Crippen molar-refractivity contribution in [2.24, 2.45) is 13.0 Å². The monoisotopic (exact) mass is 379 g/mol. The minimum atomic E-state index is -0.411. The van der Waals surface area contributed by atoms with Gasteiger partial charge in [-0.2, -0.15) is 5.10 Å². The van der Waals surface area contributed by atoms with E-state index in [9.17, 15) is 5.11 Å². The first-order valence-corrected chi connectivity index (χ1v) is 9.95. The molecular formula is C20H21N5OS. The van der Waals surface area contributed by atoms with Crippen molar-refractivity contribution in [2.45, 2.75) is 12.5 Å². The lowest BCUT2D eigenvalue weighted by Gasteiger charge is -2.16. The molecule has 5 heterocycles. The van der Waals surface area contributed by atoms with Gasteiger partial charge in [-0.05, 0) is 44.3 Å². The summed E-state index contributed by atoms with van der Waals surface area (Å²) < 4.78 is 1.77. The number of aliphatic hydroxyl groups excluding tert-OH is 1. The molecule has 0 aliphatic carbocycles. The van der Waals surface area contributed by atoms with Gasteiger partial charge in [0.05, 0.1) is 11.8 Å². The normalized spacial score (nSPS) is 19.3. The zero-order valence-electron chi connectivity index (χ0n) is 15.3. The van der Waals surface area contributed by atoms with Crippen molar-refractivity contribution in [3.8, 4) is 11.3 Å². The van der Waals surface area contributed by atoms with Crippen LogP contribution in [0.3, 0.4) is 0 Å². The molecule has 6 nitrogen and oxygen atoms in total. The summed E-state index contributed by atoms with van der Waals surface area (Å²) in [5.74, 6) is 0.305. The number of thiophene rings is 1. The van der Waals surface area contributed by atoms with Crippen molar-refractivity contribution in [3.05, 3.63) is 41.5 Å². The van der Waals surface area contributed by atoms with E-state index in [1.165, 1.54) is 0 Å². The molecule has 7 heteroatoms. The molecule has 1 aliphatic rings. The van der Waals surface area contributed by atoms with E-state index in [1.807, 2.05) is 25.5 Å². The van der Waals surface area contributed by atoms with E-state index in [1.54, 1.807) is 16.0 Å². The van der Waals surface area contributed by atoms with E-state index >= 15 is 0 Å². The Morgan fingerprint density at radius 3 is 2.93 bits per heavy atom. The summed E-state index contributed by atoms with van der Waals surface area (Å²) in [7, 11) is 4.00. The van der Waals surface area contributed by atoms with E-state index in [-0.39, 0.29) is 0 Å². The molecule has 0 unspecified atom stereocenters. The number of fused-ring (bicyclic) bond motifs is 2. The van der Waals surface area contributed by atoms with Crippen molar-refractivity contribution >= 4 is 32.6 Å². The summed E-state index contributed by atoms with van der Waals surface area (Å²) in [6.45, 7) is 2.00. The Kier molecular flexibility index (Phi) is 3.96. The Hall–Kier alpha value is -2.35. The average Bonchev–Trinajstić information content (AvgIpc) is 3.36. The lowest BCUT2D eigenvalue weighted by molar-refractivity contribution is 0.116. The molecule has 1 aliphatic heterocycles. The number of aromatic nitrogens is 4. The van der Waals surface area contributed by atoms with Gasteiger partial charge in [0.1, 0.15) is 4.83 Å². The van der Waals surface area contributed by atoms with E-state index in [2.05, 4.69) is 40.2 Å². The fourth-order valence-electron chi connectivity index (χ4n) is 3.88. The third-order valence-electron chi connectivity index (χ3n) is 5.34. The Morgan fingerprint density at radius 2 is 2.11 bits per heavy atom. The first-order chi connectivity index (χ1) is 13.1. The topological polar surface area (TPSA) is 67.1 Å². The van der Waals surface area contributed by atoms with Crippen LogP contribution in [-0.2, 0) is 7.05 Å². The smallest absolute Gasteiger partial charge is 0.181 e. The Morgan fingerprint density at radius 1 is 1.22 bits per heavy atom. The second-order valence-corrected chi connectivity index (χ2v) is 8.50. The van der Waals surface area contributed by atoms with E-state index in [0.717, 1.165) is 56.9 Å². The van der Waals surface area contributed by atoms with Gasteiger partial charge in [0.15, 0.2) is 5.65 Å². The Balaban J connectivity index is 1.49. The van der Waals surface area contributed by atoms with Gasteiger partial charge in [-0.15, -0.1) is 11.3 Å². The van der Waals surface area contributed by atoms with E-state index in [4.69, 9.17) is 4.98 Å². The minimum absolute atomic E-state index is 0.305. The lowest BCUT2D eigenvalue weighted by Crippen LogP contribution is -2.17. The van der Waals surface area contributed by atoms with Crippen molar-refractivity contribution in [1.82, 2.24) is 24.6 Å². The summed E-state index contributed by atoms with van der Waals surface area (Å²) >= 11 is 1.59. The van der Waals surface area contributed by atoms with Crippen LogP contribution in [0.2, 0.25) is 0 Å². The molecule has 0 bridgehead atoms. The molecule has 0 saturated carbocycles. The molecule has 27 heavy (non-hydrogen) atoms. The van der Waals surface area contributed by atoms with Crippen LogP contribution in [0.5, 0.6) is 0 Å². The van der Waals surface area contributed by atoms with E-state index in [0.29, 0.717) is 5.92 Å². The van der Waals surface area contributed by atoms with Gasteiger partial charge in [-0.25, -0.2) is 9.97 Å². The number of likely N-dealkylation sites (tertiary alicyclic amines) is 1. The van der Waals surface area contributed by atoms with Crippen LogP contribution in [0.15, 0.2) is 36.7 Å². The SMILES string of the molecule is CN1CC[C@H]([C@H](O)c2cc3ccc(-c4cnc5nn(C)cc5c4)nc3s2)C1. The molecule has 1 fully saturated rings. The van der Waals surface area contributed by atoms with Crippen LogP contribution in [0, 0.1) is 5.92 Å². The molecule has 0 spiro atoms. The molecule has 4 aromatic heterocycles. The van der Waals surface area contributed by atoms with Crippen molar-refractivity contribution < 1.29 is 5.11 Å². The highest BCUT2D eigenvalue weighted by molar-refractivity contribution is 7.18. The maximum absolute atomic E-state index is 10.8. The highest BCUT2D eigenvalue weighted by Crippen LogP contribution is 2.36. The molecule has 138 valence electrons. The number of aryl methyl sites for hydroxylation is 1. The number of nitrogens with zero attached hydrogens (tertiary/aromatic N) is 5. The number of aliphatic hydroxyl groups is 1. The molecule has 1 saturated heterocycles. The molecule has 0 aromatic carbocycles. The summed E-state index contributed by atoms with van der Waals surface area (Å²) in [4.78, 5) is 13.5. The lowest BCUT2D eigenvalue weighted by atomic mass is 10.0. The molecule has 0 amide bonds. The van der Waals surface area contributed by atoms with Crippen LogP contribution in [0.25, 0.3) is 32.5 Å². The predicted molar refractivity (Wildman–Crippen MR) is 108 cm³/mol. The van der Waals surface area contributed by atoms with Crippen LogP contribution >= 0.6 is 11.3 Å². The standard InChI is InChI=1S/C20H21N5OS/c1-24-6-5-13(10-24)18(26)17-8-12-3-4-16(22-20(12)27-17)14-7-15-11-25(2)23-19(15)21-9-14/h3-4,7-9,11,13,18,26H,5-6,10H2,1-2H3/t13-,18-/m0/s1. The largest absolute Gasteiger partial charge is 0.387 e. The molecule has 0 radical (unpaired) electrons. The van der Waals surface area contributed by atoms with Gasteiger partial charge in [0.2, 0.25) is 0 Å². The van der Waals surface area contributed by atoms with Crippen molar-refractivity contribution in [1.29, 1.82) is 0 Å². The van der Waals surface area contributed by atoms with Crippen molar-refractivity contribution in [2.75, 3.05) is 20.1 Å². The number of hydrogen-bond acceptors (Lipinski definition) is 6. The van der Waals surface area contributed by atoms with Crippen LogP contribution < -0.4 is 0 Å². The third-order valence-corrected chi connectivity index (χ3v) is 6.45. The average molecular weight is 379 g/mol. The quantitative estimate of drug-likeness (QED) is 0.592. The molecule has 5 rings (SSSR count). The first-order valence-electron chi connectivity index (χ1n) is 9.14. The number of pyridine rings is 2. The van der Waals surface area contributed by atoms with Crippen molar-refractivity contribution in [3.63, 3.8) is 0 Å². The fourth-order valence-corrected chi connectivity index (χ4v) is 4.99. The zero-order chi connectivity index (χ0) is 18.5. The number of hydrogen-bond donors (Lipinski definition) is 1. The Labute approximate surface area is 161 Å². The second kappa shape index (κ2) is 6.37. The van der Waals surface area contributed by atoms with Gasteiger partial charge in [-0.3, -0.25) is 4.68 Å². The van der Waals surface area contributed by atoms with Gasteiger partial charge < -0.3 is 10.0 Å². The predicted octanol–water partition coefficient (Wildman–Crippen LogP) is 3.23. The van der Waals surface area contributed by atoms with Gasteiger partial charge >= 0.3 is 0 Å². The zero-order valence-corrected chi connectivity index (χ0v) is 16.1. The van der Waals surface area contributed by atoms with E-state index < -0.39 is 6.10 Å². The highest BCUT2D eigenvalue weighted by Gasteiger charge is 2.28. The summed E-state index contributed by atoms with van der Waals surface area (Å²) in [5.41, 5.74) is 2.61. The van der Waals surface area contributed by atoms with Gasteiger partial charge in [0.25, 0.3) is 0 Å². The van der Waals surface area contributed by atoms with Gasteiger partial charge in [0, 0.05) is 53.1 Å². The summed E-state index contributed by atoms with van der Waals surface area (Å²) in [6, 6.07) is 8.26. The maximum Gasteiger partial charge on any atom is 0.181 e. The van der Waals surface area contributed by atoms with Gasteiger partial charge in [-0.1, -0.05) is 0 Å². The third kappa shape index (κ3) is 3.01. The molecule has 4 aromatic rings. The number of rotatable bonds is 3. The molecule has 1 N–H and O–H groups in total. The van der Waals surface area contributed by atoms with Crippen LogP contribution in [0.1, 0.15) is 17.4 Å². The molecule has 2 atom stereocenters.